The zero-order valence-electron chi connectivity index (χ0n) is 13.6. The van der Waals surface area contributed by atoms with Gasteiger partial charge < -0.3 is 9.80 Å². The molecule has 0 N–H and O–H groups in total. The van der Waals surface area contributed by atoms with Crippen LogP contribution in [0.1, 0.15) is 42.5 Å². The van der Waals surface area contributed by atoms with Gasteiger partial charge in [-0.15, -0.1) is 0 Å². The number of anilines is 1. The highest BCUT2D eigenvalue weighted by Crippen LogP contribution is 2.21. The van der Waals surface area contributed by atoms with E-state index in [0.29, 0.717) is 31.6 Å². The van der Waals surface area contributed by atoms with E-state index in [1.54, 1.807) is 29.2 Å². The van der Waals surface area contributed by atoms with Gasteiger partial charge in [0.05, 0.1) is 25.0 Å². The number of piperidine rings is 1. The van der Waals surface area contributed by atoms with E-state index in [1.165, 1.54) is 4.90 Å². The summed E-state index contributed by atoms with van der Waals surface area (Å²) in [4.78, 5) is 27.8. The van der Waals surface area contributed by atoms with Crippen LogP contribution in [0.15, 0.2) is 24.3 Å². The predicted octanol–water partition coefficient (Wildman–Crippen LogP) is 2.47. The minimum absolute atomic E-state index is 0.116. The Balaban J connectivity index is 2.10. The summed E-state index contributed by atoms with van der Waals surface area (Å²) in [6.45, 7) is 1.33. The van der Waals surface area contributed by atoms with Gasteiger partial charge in [-0.05, 0) is 37.1 Å². The van der Waals surface area contributed by atoms with Gasteiger partial charge in [-0.25, -0.2) is 0 Å². The topological polar surface area (TPSA) is 88.2 Å². The first-order valence-electron chi connectivity index (χ1n) is 8.11. The van der Waals surface area contributed by atoms with Gasteiger partial charge in [-0.2, -0.15) is 10.5 Å². The molecule has 1 aromatic rings. The molecular weight excluding hydrogens is 304 g/mol. The number of hydrogen-bond acceptors (Lipinski definition) is 4. The van der Waals surface area contributed by atoms with Crippen LogP contribution in [0.2, 0.25) is 0 Å². The van der Waals surface area contributed by atoms with Crippen LogP contribution >= 0.6 is 0 Å². The second-order valence-corrected chi connectivity index (χ2v) is 5.66. The first kappa shape index (κ1) is 17.5. The van der Waals surface area contributed by atoms with Gasteiger partial charge >= 0.3 is 0 Å². The maximum Gasteiger partial charge on any atom is 0.253 e. The zero-order valence-corrected chi connectivity index (χ0v) is 13.6. The lowest BCUT2D eigenvalue weighted by Crippen LogP contribution is -2.35. The molecule has 1 aliphatic rings. The number of benzene rings is 1. The van der Waals surface area contributed by atoms with Crippen molar-refractivity contribution in [1.82, 2.24) is 4.90 Å². The highest BCUT2D eigenvalue weighted by molar-refractivity contribution is 5.97. The quantitative estimate of drug-likeness (QED) is 0.804. The Hall–Kier alpha value is -2.86. The maximum absolute atomic E-state index is 12.5. The summed E-state index contributed by atoms with van der Waals surface area (Å²) >= 11 is 0. The molecule has 124 valence electrons. The number of rotatable bonds is 6. The molecule has 1 aromatic carbocycles. The lowest BCUT2D eigenvalue weighted by molar-refractivity contribution is -0.119. The van der Waals surface area contributed by atoms with Crippen LogP contribution in [0.3, 0.4) is 0 Å². The number of amides is 2. The van der Waals surface area contributed by atoms with Crippen molar-refractivity contribution in [2.45, 2.75) is 32.1 Å². The van der Waals surface area contributed by atoms with Gasteiger partial charge in [-0.1, -0.05) is 0 Å². The van der Waals surface area contributed by atoms with Crippen LogP contribution in [-0.4, -0.2) is 36.3 Å². The first-order chi connectivity index (χ1) is 11.7. The Morgan fingerprint density at radius 3 is 2.25 bits per heavy atom. The van der Waals surface area contributed by atoms with Gasteiger partial charge in [-0.3, -0.25) is 9.59 Å². The molecule has 0 atom stereocenters. The Morgan fingerprint density at radius 2 is 1.71 bits per heavy atom. The summed E-state index contributed by atoms with van der Waals surface area (Å²) in [5.74, 6) is -0.0815. The molecular formula is C18H20N4O2. The van der Waals surface area contributed by atoms with Crippen LogP contribution in [-0.2, 0) is 4.79 Å². The minimum atomic E-state index is -0.197. The van der Waals surface area contributed by atoms with Crippen LogP contribution in [0.5, 0.6) is 0 Å². The third-order valence-corrected chi connectivity index (χ3v) is 4.02. The summed E-state index contributed by atoms with van der Waals surface area (Å²) in [5.41, 5.74) is 1.30. The second-order valence-electron chi connectivity index (χ2n) is 5.66. The lowest BCUT2D eigenvalue weighted by atomic mass is 10.1. The van der Waals surface area contributed by atoms with Gasteiger partial charge in [0.15, 0.2) is 0 Å². The normalized spacial score (nSPS) is 13.9. The number of nitriles is 2. The van der Waals surface area contributed by atoms with E-state index in [9.17, 15) is 9.59 Å². The molecule has 0 saturated carbocycles. The van der Waals surface area contributed by atoms with Crippen molar-refractivity contribution < 1.29 is 9.59 Å². The smallest absolute Gasteiger partial charge is 0.253 e. The Morgan fingerprint density at radius 1 is 1.08 bits per heavy atom. The monoisotopic (exact) mass is 324 g/mol. The Bertz CT molecular complexity index is 652. The largest absolute Gasteiger partial charge is 0.337 e. The summed E-state index contributed by atoms with van der Waals surface area (Å²) in [6, 6.07) is 11.0. The molecule has 1 fully saturated rings. The van der Waals surface area contributed by atoms with Crippen molar-refractivity contribution in [2.24, 2.45) is 0 Å². The molecule has 2 amide bonds. The fourth-order valence-corrected chi connectivity index (χ4v) is 2.73. The minimum Gasteiger partial charge on any atom is -0.337 e. The molecule has 6 heteroatoms. The van der Waals surface area contributed by atoms with Crippen molar-refractivity contribution in [3.05, 3.63) is 29.8 Å². The van der Waals surface area contributed by atoms with E-state index < -0.39 is 0 Å². The fraction of sp³-hybridized carbons (Fsp3) is 0.444. The van der Waals surface area contributed by atoms with Crippen molar-refractivity contribution >= 4 is 17.5 Å². The van der Waals surface area contributed by atoms with Crippen LogP contribution in [0, 0.1) is 22.7 Å². The summed E-state index contributed by atoms with van der Waals surface area (Å²) in [6.07, 6.45) is 2.95. The molecule has 0 unspecified atom stereocenters. The maximum atomic E-state index is 12.5. The standard InChI is InChI=1S/C18H20N4O2/c19-10-3-12-21(13-4-11-20)18(24)15-6-8-16(9-7-15)22-14-2-1-5-17(22)23/h6-9H,1-5,12-14H2. The van der Waals surface area contributed by atoms with Crippen molar-refractivity contribution in [3.8, 4) is 12.1 Å². The SMILES string of the molecule is N#CCCN(CCC#N)C(=O)c1ccc(N2CCCCC2=O)cc1. The number of hydrogen-bond donors (Lipinski definition) is 0. The summed E-state index contributed by atoms with van der Waals surface area (Å²) in [5, 5.41) is 17.4. The van der Waals surface area contributed by atoms with E-state index in [4.69, 9.17) is 10.5 Å². The van der Waals surface area contributed by atoms with Crippen molar-refractivity contribution in [3.63, 3.8) is 0 Å². The summed E-state index contributed by atoms with van der Waals surface area (Å²) < 4.78 is 0. The van der Waals surface area contributed by atoms with Crippen LogP contribution < -0.4 is 4.90 Å². The second kappa shape index (κ2) is 8.69. The van der Waals surface area contributed by atoms with Crippen LogP contribution in [0.25, 0.3) is 0 Å². The van der Waals surface area contributed by atoms with Crippen molar-refractivity contribution in [2.75, 3.05) is 24.5 Å². The van der Waals surface area contributed by atoms with Gasteiger partial charge in [0.1, 0.15) is 0 Å². The van der Waals surface area contributed by atoms with E-state index in [2.05, 4.69) is 0 Å². The van der Waals surface area contributed by atoms with E-state index in [1.807, 2.05) is 12.1 Å². The summed E-state index contributed by atoms with van der Waals surface area (Å²) in [7, 11) is 0. The number of carbonyl (C=O) groups excluding carboxylic acids is 2. The zero-order chi connectivity index (χ0) is 17.4. The van der Waals surface area contributed by atoms with Crippen LogP contribution in [0.4, 0.5) is 5.69 Å². The molecule has 1 heterocycles. The molecule has 1 aliphatic heterocycles. The third-order valence-electron chi connectivity index (χ3n) is 4.02. The molecule has 1 saturated heterocycles. The number of nitrogens with zero attached hydrogens (tertiary/aromatic N) is 4. The molecule has 6 nitrogen and oxygen atoms in total. The van der Waals surface area contributed by atoms with Gasteiger partial charge in [0, 0.05) is 37.3 Å². The Kier molecular flexibility index (Phi) is 6.33. The first-order valence-corrected chi connectivity index (χ1v) is 8.11. The van der Waals surface area contributed by atoms with Gasteiger partial charge in [0.2, 0.25) is 5.91 Å². The number of carbonyl (C=O) groups is 2. The Labute approximate surface area is 141 Å². The molecule has 24 heavy (non-hydrogen) atoms. The molecule has 2 rings (SSSR count). The molecule has 0 aliphatic carbocycles. The molecule has 0 aromatic heterocycles. The average molecular weight is 324 g/mol. The van der Waals surface area contributed by atoms with Crippen molar-refractivity contribution in [1.29, 1.82) is 10.5 Å². The predicted molar refractivity (Wildman–Crippen MR) is 89.0 cm³/mol. The average Bonchev–Trinajstić information content (AvgIpc) is 2.62. The fourth-order valence-electron chi connectivity index (χ4n) is 2.73. The van der Waals surface area contributed by atoms with E-state index in [-0.39, 0.29) is 24.7 Å². The lowest BCUT2D eigenvalue weighted by Gasteiger charge is -2.27. The van der Waals surface area contributed by atoms with Gasteiger partial charge in [0.25, 0.3) is 5.91 Å². The highest BCUT2D eigenvalue weighted by atomic mass is 16.2. The van der Waals surface area contributed by atoms with E-state index in [0.717, 1.165) is 18.5 Å². The third kappa shape index (κ3) is 4.33. The molecule has 0 radical (unpaired) electrons. The molecule has 0 bridgehead atoms. The molecule has 0 spiro atoms. The highest BCUT2D eigenvalue weighted by Gasteiger charge is 2.20. The van der Waals surface area contributed by atoms with E-state index >= 15 is 0 Å².